The van der Waals surface area contributed by atoms with E-state index in [0.717, 1.165) is 25.4 Å². The van der Waals surface area contributed by atoms with Crippen LogP contribution < -0.4 is 11.3 Å². The van der Waals surface area contributed by atoms with Gasteiger partial charge in [-0.15, -0.1) is 0 Å². The molecule has 0 radical (unpaired) electrons. The Labute approximate surface area is 118 Å². The third-order valence-electron chi connectivity index (χ3n) is 5.51. The Morgan fingerprint density at radius 1 is 1.21 bits per heavy atom. The number of hydrazine groups is 1. The number of rotatable bonds is 6. The zero-order valence-corrected chi connectivity index (χ0v) is 13.0. The van der Waals surface area contributed by atoms with E-state index < -0.39 is 0 Å². The van der Waals surface area contributed by atoms with Crippen molar-refractivity contribution in [3.63, 3.8) is 0 Å². The van der Waals surface area contributed by atoms with Gasteiger partial charge in [0.25, 0.3) is 0 Å². The quantitative estimate of drug-likeness (QED) is 0.573. The molecule has 2 rings (SSSR count). The topological polar surface area (TPSA) is 47.3 Å². The highest BCUT2D eigenvalue weighted by atomic mass is 16.5. The lowest BCUT2D eigenvalue weighted by atomic mass is 9.66. The van der Waals surface area contributed by atoms with Crippen LogP contribution in [0.1, 0.15) is 72.1 Å². The SMILES string of the molecule is CCOC1(C(CC2CCC2)NN)CCC(C)(C)CC1. The molecule has 0 spiro atoms. The molecule has 2 saturated carbocycles. The van der Waals surface area contributed by atoms with Crippen LogP contribution in [0.5, 0.6) is 0 Å². The van der Waals surface area contributed by atoms with Crippen LogP contribution >= 0.6 is 0 Å². The average molecular weight is 268 g/mol. The van der Waals surface area contributed by atoms with Gasteiger partial charge < -0.3 is 4.74 Å². The summed E-state index contributed by atoms with van der Waals surface area (Å²) in [5, 5.41) is 0. The summed E-state index contributed by atoms with van der Waals surface area (Å²) in [6, 6.07) is 0.328. The lowest BCUT2D eigenvalue weighted by Crippen LogP contribution is -2.58. The fraction of sp³-hybridized carbons (Fsp3) is 1.00. The molecule has 0 aliphatic heterocycles. The van der Waals surface area contributed by atoms with Gasteiger partial charge in [0.15, 0.2) is 0 Å². The van der Waals surface area contributed by atoms with Gasteiger partial charge in [0.05, 0.1) is 11.6 Å². The largest absolute Gasteiger partial charge is 0.374 e. The Bertz CT molecular complexity index is 276. The Morgan fingerprint density at radius 2 is 1.84 bits per heavy atom. The molecule has 0 bridgehead atoms. The van der Waals surface area contributed by atoms with Crippen LogP contribution in [0, 0.1) is 11.3 Å². The van der Waals surface area contributed by atoms with Gasteiger partial charge in [0, 0.05) is 6.61 Å². The first-order valence-electron chi connectivity index (χ1n) is 8.11. The molecule has 2 aliphatic rings. The van der Waals surface area contributed by atoms with E-state index in [9.17, 15) is 0 Å². The Kier molecular flexibility index (Phi) is 4.91. The fourth-order valence-corrected chi connectivity index (χ4v) is 3.73. The molecule has 0 amide bonds. The van der Waals surface area contributed by atoms with Crippen molar-refractivity contribution in [2.45, 2.75) is 83.8 Å². The lowest BCUT2D eigenvalue weighted by molar-refractivity contribution is -0.112. The maximum absolute atomic E-state index is 6.24. The highest BCUT2D eigenvalue weighted by Crippen LogP contribution is 2.45. The maximum atomic E-state index is 6.24. The van der Waals surface area contributed by atoms with Gasteiger partial charge in [0.1, 0.15) is 0 Å². The standard InChI is InChI=1S/C16H32N2O/c1-4-19-16(10-8-15(2,3)9-11-16)14(18-17)12-13-6-5-7-13/h13-14,18H,4-12,17H2,1-3H3. The van der Waals surface area contributed by atoms with E-state index in [1.807, 2.05) is 0 Å². The summed E-state index contributed by atoms with van der Waals surface area (Å²) in [4.78, 5) is 0. The molecule has 3 nitrogen and oxygen atoms in total. The molecule has 112 valence electrons. The molecular formula is C16H32N2O. The fourth-order valence-electron chi connectivity index (χ4n) is 3.73. The van der Waals surface area contributed by atoms with Gasteiger partial charge >= 0.3 is 0 Å². The zero-order valence-electron chi connectivity index (χ0n) is 13.0. The lowest BCUT2D eigenvalue weighted by Gasteiger charge is -2.48. The molecule has 1 atom stereocenters. The molecule has 2 fully saturated rings. The molecule has 3 N–H and O–H groups in total. The highest BCUT2D eigenvalue weighted by Gasteiger charge is 2.45. The first-order chi connectivity index (χ1) is 9.01. The minimum atomic E-state index is -0.0192. The van der Waals surface area contributed by atoms with Crippen LogP contribution in [-0.4, -0.2) is 18.2 Å². The normalized spacial score (nSPS) is 27.8. The van der Waals surface area contributed by atoms with Crippen molar-refractivity contribution in [3.8, 4) is 0 Å². The summed E-state index contributed by atoms with van der Waals surface area (Å²) in [7, 11) is 0. The summed E-state index contributed by atoms with van der Waals surface area (Å²) in [5.74, 6) is 6.75. The number of hydrogen-bond acceptors (Lipinski definition) is 3. The molecule has 19 heavy (non-hydrogen) atoms. The van der Waals surface area contributed by atoms with Crippen LogP contribution in [-0.2, 0) is 4.74 Å². The number of nitrogens with one attached hydrogen (secondary N) is 1. The Hall–Kier alpha value is -0.120. The monoisotopic (exact) mass is 268 g/mol. The number of ether oxygens (including phenoxy) is 1. The van der Waals surface area contributed by atoms with Crippen molar-refractivity contribution >= 4 is 0 Å². The van der Waals surface area contributed by atoms with Crippen LogP contribution in [0.15, 0.2) is 0 Å². The minimum Gasteiger partial charge on any atom is -0.374 e. The van der Waals surface area contributed by atoms with E-state index in [1.165, 1.54) is 38.5 Å². The van der Waals surface area contributed by atoms with Crippen LogP contribution in [0.2, 0.25) is 0 Å². The van der Waals surface area contributed by atoms with E-state index in [1.54, 1.807) is 0 Å². The molecule has 1 unspecified atom stereocenters. The van der Waals surface area contributed by atoms with Crippen molar-refractivity contribution in [2.75, 3.05) is 6.61 Å². The molecule has 3 heteroatoms. The van der Waals surface area contributed by atoms with Gasteiger partial charge in [-0.25, -0.2) is 0 Å². The van der Waals surface area contributed by atoms with Crippen LogP contribution in [0.25, 0.3) is 0 Å². The summed E-state index contributed by atoms with van der Waals surface area (Å²) in [6.45, 7) is 7.65. The second-order valence-electron chi connectivity index (χ2n) is 7.41. The van der Waals surface area contributed by atoms with E-state index in [2.05, 4.69) is 26.2 Å². The van der Waals surface area contributed by atoms with E-state index >= 15 is 0 Å². The summed E-state index contributed by atoms with van der Waals surface area (Å²) in [6.07, 6.45) is 10.1. The predicted octanol–water partition coefficient (Wildman–Crippen LogP) is 3.38. The third kappa shape index (κ3) is 3.50. The first kappa shape index (κ1) is 15.3. The molecule has 0 aromatic carbocycles. The smallest absolute Gasteiger partial charge is 0.0848 e. The summed E-state index contributed by atoms with van der Waals surface area (Å²) in [5.41, 5.74) is 3.55. The van der Waals surface area contributed by atoms with Crippen LogP contribution in [0.4, 0.5) is 0 Å². The maximum Gasteiger partial charge on any atom is 0.0848 e. The second kappa shape index (κ2) is 6.11. The van der Waals surface area contributed by atoms with E-state index in [4.69, 9.17) is 10.6 Å². The van der Waals surface area contributed by atoms with Gasteiger partial charge in [-0.2, -0.15) is 0 Å². The van der Waals surface area contributed by atoms with Crippen molar-refractivity contribution < 1.29 is 4.74 Å². The minimum absolute atomic E-state index is 0.0192. The van der Waals surface area contributed by atoms with Gasteiger partial charge in [0.2, 0.25) is 0 Å². The van der Waals surface area contributed by atoms with Crippen molar-refractivity contribution in [2.24, 2.45) is 17.2 Å². The molecular weight excluding hydrogens is 236 g/mol. The second-order valence-corrected chi connectivity index (χ2v) is 7.41. The first-order valence-corrected chi connectivity index (χ1v) is 8.11. The predicted molar refractivity (Wildman–Crippen MR) is 79.7 cm³/mol. The number of nitrogens with two attached hydrogens (primary N) is 1. The van der Waals surface area contributed by atoms with Gasteiger partial charge in [-0.3, -0.25) is 11.3 Å². The van der Waals surface area contributed by atoms with Crippen molar-refractivity contribution in [1.82, 2.24) is 5.43 Å². The van der Waals surface area contributed by atoms with Crippen molar-refractivity contribution in [1.29, 1.82) is 0 Å². The van der Waals surface area contributed by atoms with Gasteiger partial charge in [-0.1, -0.05) is 33.1 Å². The average Bonchev–Trinajstić information content (AvgIpc) is 2.32. The van der Waals surface area contributed by atoms with E-state index in [0.29, 0.717) is 11.5 Å². The molecule has 2 aliphatic carbocycles. The molecule has 0 aromatic heterocycles. The zero-order chi connectivity index (χ0) is 13.9. The Balaban J connectivity index is 2.03. The molecule has 0 heterocycles. The summed E-state index contributed by atoms with van der Waals surface area (Å²) < 4.78 is 6.24. The van der Waals surface area contributed by atoms with Crippen LogP contribution in [0.3, 0.4) is 0 Å². The third-order valence-corrected chi connectivity index (χ3v) is 5.51. The Morgan fingerprint density at radius 3 is 2.26 bits per heavy atom. The molecule has 0 saturated heterocycles. The van der Waals surface area contributed by atoms with E-state index in [-0.39, 0.29) is 5.60 Å². The van der Waals surface area contributed by atoms with Gasteiger partial charge in [-0.05, 0) is 50.4 Å². The van der Waals surface area contributed by atoms with Crippen molar-refractivity contribution in [3.05, 3.63) is 0 Å². The summed E-state index contributed by atoms with van der Waals surface area (Å²) >= 11 is 0. The molecule has 0 aromatic rings. The number of hydrogen-bond donors (Lipinski definition) is 2. The highest BCUT2D eigenvalue weighted by molar-refractivity contribution is 4.99.